The van der Waals surface area contributed by atoms with Crippen molar-refractivity contribution >= 4 is 5.97 Å². The molecule has 3 rings (SSSR count). The third-order valence-corrected chi connectivity index (χ3v) is 4.46. The molecule has 3 fully saturated rings. The van der Waals surface area contributed by atoms with Crippen molar-refractivity contribution in [3.05, 3.63) is 11.8 Å². The lowest BCUT2D eigenvalue weighted by atomic mass is 9.94. The fourth-order valence-corrected chi connectivity index (χ4v) is 3.45. The topological polar surface area (TPSA) is 81.7 Å². The molecule has 3 heterocycles. The number of methoxy groups -OCH3 is 2. The Balaban J connectivity index is 1.91. The highest BCUT2D eigenvalue weighted by atomic mass is 16.8. The van der Waals surface area contributed by atoms with E-state index in [-0.39, 0.29) is 6.10 Å². The highest BCUT2D eigenvalue weighted by Crippen LogP contribution is 2.42. The lowest BCUT2D eigenvalue weighted by molar-refractivity contribution is -0.197. The lowest BCUT2D eigenvalue weighted by Gasteiger charge is -2.40. The monoisotopic (exact) mass is 358 g/mol. The van der Waals surface area contributed by atoms with Crippen LogP contribution in [0.5, 0.6) is 0 Å². The molecule has 0 radical (unpaired) electrons. The Morgan fingerprint density at radius 3 is 2.36 bits per heavy atom. The summed E-state index contributed by atoms with van der Waals surface area (Å²) in [5.74, 6) is -1.72. The van der Waals surface area contributed by atoms with Gasteiger partial charge in [0.05, 0.1) is 19.8 Å². The maximum atomic E-state index is 11.7. The molecule has 5 atom stereocenters. The minimum absolute atomic E-state index is 0.342. The predicted octanol–water partition coefficient (Wildman–Crippen LogP) is 1.13. The SMILES string of the molecule is COC(=O)/C=C1\O[C@H]([C@H]2COC(C)(C)O2)[C@H](OC)[C@H]2OC(C)(C)O[C@@H]12. The fraction of sp³-hybridized carbons (Fsp3) is 0.824. The van der Waals surface area contributed by atoms with Crippen molar-refractivity contribution in [2.75, 3.05) is 20.8 Å². The van der Waals surface area contributed by atoms with Gasteiger partial charge in [-0.3, -0.25) is 0 Å². The summed E-state index contributed by atoms with van der Waals surface area (Å²) in [6.07, 6.45) is -1.05. The minimum atomic E-state index is -0.828. The standard InChI is InChI=1S/C17H26O8/c1-16(2)21-8-10(23-16)12-14(20-6)15-13(24-17(3,4)25-15)9(22-12)7-11(18)19-5/h7,10,12-15H,8H2,1-6H3/b9-7-/t10-,12-,13+,14+,15+/m1/s1. The Labute approximate surface area is 147 Å². The van der Waals surface area contributed by atoms with Gasteiger partial charge >= 0.3 is 5.97 Å². The largest absolute Gasteiger partial charge is 0.486 e. The zero-order chi connectivity index (χ0) is 18.4. The quantitative estimate of drug-likeness (QED) is 0.549. The third kappa shape index (κ3) is 3.68. The Morgan fingerprint density at radius 2 is 1.80 bits per heavy atom. The highest BCUT2D eigenvalue weighted by Gasteiger charge is 2.57. The smallest absolute Gasteiger partial charge is 0.333 e. The summed E-state index contributed by atoms with van der Waals surface area (Å²) in [5.41, 5.74) is 0. The number of hydrogen-bond acceptors (Lipinski definition) is 8. The minimum Gasteiger partial charge on any atom is -0.486 e. The van der Waals surface area contributed by atoms with Crippen LogP contribution in [-0.2, 0) is 38.0 Å². The second-order valence-electron chi connectivity index (χ2n) is 7.24. The number of fused-ring (bicyclic) bond motifs is 1. The molecule has 0 bridgehead atoms. The summed E-state index contributed by atoms with van der Waals surface area (Å²) in [6, 6.07) is 0. The van der Waals surface area contributed by atoms with Gasteiger partial charge in [0, 0.05) is 7.11 Å². The van der Waals surface area contributed by atoms with Gasteiger partial charge in [0.1, 0.15) is 30.2 Å². The highest BCUT2D eigenvalue weighted by molar-refractivity contribution is 5.82. The van der Waals surface area contributed by atoms with Crippen LogP contribution >= 0.6 is 0 Å². The van der Waals surface area contributed by atoms with E-state index in [9.17, 15) is 4.79 Å². The van der Waals surface area contributed by atoms with E-state index >= 15 is 0 Å². The molecule has 0 aliphatic carbocycles. The first kappa shape index (κ1) is 18.6. The summed E-state index contributed by atoms with van der Waals surface area (Å²) in [7, 11) is 2.89. The number of hydrogen-bond donors (Lipinski definition) is 0. The van der Waals surface area contributed by atoms with Crippen LogP contribution in [0.2, 0.25) is 0 Å². The maximum Gasteiger partial charge on any atom is 0.333 e. The van der Waals surface area contributed by atoms with Crippen LogP contribution in [0.4, 0.5) is 0 Å². The Morgan fingerprint density at radius 1 is 1.08 bits per heavy atom. The van der Waals surface area contributed by atoms with E-state index < -0.39 is 42.0 Å². The summed E-state index contributed by atoms with van der Waals surface area (Å²) >= 11 is 0. The van der Waals surface area contributed by atoms with Crippen molar-refractivity contribution in [3.63, 3.8) is 0 Å². The summed E-state index contributed by atoms with van der Waals surface area (Å²) in [6.45, 7) is 7.64. The van der Waals surface area contributed by atoms with E-state index in [0.717, 1.165) is 0 Å². The number of esters is 1. The zero-order valence-electron chi connectivity index (χ0n) is 15.4. The molecule has 0 aromatic heterocycles. The second kappa shape index (κ2) is 6.51. The van der Waals surface area contributed by atoms with Crippen LogP contribution in [0.3, 0.4) is 0 Å². The lowest BCUT2D eigenvalue weighted by Crippen LogP contribution is -2.56. The van der Waals surface area contributed by atoms with Crippen LogP contribution in [-0.4, -0.2) is 68.9 Å². The number of rotatable bonds is 3. The fourth-order valence-electron chi connectivity index (χ4n) is 3.45. The Hall–Kier alpha value is -1.19. The molecule has 0 aromatic rings. The van der Waals surface area contributed by atoms with Crippen LogP contribution in [0, 0.1) is 0 Å². The van der Waals surface area contributed by atoms with Crippen LogP contribution in [0.1, 0.15) is 27.7 Å². The molecule has 0 spiro atoms. The number of carbonyl (C=O) groups is 1. The molecule has 0 unspecified atom stereocenters. The first-order valence-corrected chi connectivity index (χ1v) is 8.32. The normalized spacial score (nSPS) is 40.6. The first-order chi connectivity index (χ1) is 11.7. The maximum absolute atomic E-state index is 11.7. The Kier molecular flexibility index (Phi) is 4.85. The molecule has 8 nitrogen and oxygen atoms in total. The van der Waals surface area contributed by atoms with E-state index in [1.165, 1.54) is 13.2 Å². The molecule has 0 amide bonds. The van der Waals surface area contributed by atoms with Gasteiger partial charge in [0.15, 0.2) is 17.7 Å². The van der Waals surface area contributed by atoms with Gasteiger partial charge < -0.3 is 33.2 Å². The second-order valence-corrected chi connectivity index (χ2v) is 7.24. The van der Waals surface area contributed by atoms with Gasteiger partial charge in [-0.05, 0) is 27.7 Å². The first-order valence-electron chi connectivity index (χ1n) is 8.32. The molecule has 25 heavy (non-hydrogen) atoms. The summed E-state index contributed by atoms with van der Waals surface area (Å²) < 4.78 is 40.0. The van der Waals surface area contributed by atoms with Crippen molar-refractivity contribution in [1.82, 2.24) is 0 Å². The molecule has 0 N–H and O–H groups in total. The van der Waals surface area contributed by atoms with Gasteiger partial charge in [0.25, 0.3) is 0 Å². The van der Waals surface area contributed by atoms with Gasteiger partial charge in [-0.1, -0.05) is 0 Å². The summed E-state index contributed by atoms with van der Waals surface area (Å²) in [4.78, 5) is 11.7. The molecular formula is C17H26O8. The van der Waals surface area contributed by atoms with Crippen LogP contribution in [0.25, 0.3) is 0 Å². The molecule has 3 aliphatic heterocycles. The molecule has 0 saturated carbocycles. The third-order valence-electron chi connectivity index (χ3n) is 4.46. The van der Waals surface area contributed by atoms with Crippen molar-refractivity contribution < 1.29 is 38.0 Å². The van der Waals surface area contributed by atoms with E-state index in [4.69, 9.17) is 33.2 Å². The molecular weight excluding hydrogens is 332 g/mol. The molecule has 3 aliphatic rings. The number of ether oxygens (including phenoxy) is 7. The Bertz CT molecular complexity index is 555. The molecule has 0 aromatic carbocycles. The van der Waals surface area contributed by atoms with Gasteiger partial charge in [0.2, 0.25) is 0 Å². The van der Waals surface area contributed by atoms with Crippen molar-refractivity contribution in [2.45, 2.75) is 69.8 Å². The predicted molar refractivity (Wildman–Crippen MR) is 84.5 cm³/mol. The summed E-state index contributed by atoms with van der Waals surface area (Å²) in [5, 5.41) is 0. The van der Waals surface area contributed by atoms with Crippen molar-refractivity contribution in [2.24, 2.45) is 0 Å². The number of carbonyl (C=O) groups excluding carboxylic acids is 1. The van der Waals surface area contributed by atoms with Crippen LogP contribution < -0.4 is 0 Å². The average molecular weight is 358 g/mol. The van der Waals surface area contributed by atoms with E-state index in [1.54, 1.807) is 21.0 Å². The van der Waals surface area contributed by atoms with Crippen molar-refractivity contribution in [1.29, 1.82) is 0 Å². The van der Waals surface area contributed by atoms with Gasteiger partial charge in [-0.25, -0.2) is 4.79 Å². The van der Waals surface area contributed by atoms with Gasteiger partial charge in [-0.2, -0.15) is 0 Å². The van der Waals surface area contributed by atoms with E-state index in [2.05, 4.69) is 0 Å². The van der Waals surface area contributed by atoms with E-state index in [0.29, 0.717) is 12.4 Å². The molecule has 142 valence electrons. The van der Waals surface area contributed by atoms with Crippen molar-refractivity contribution in [3.8, 4) is 0 Å². The van der Waals surface area contributed by atoms with E-state index in [1.807, 2.05) is 13.8 Å². The average Bonchev–Trinajstić information content (AvgIpc) is 3.05. The van der Waals surface area contributed by atoms with Crippen LogP contribution in [0.15, 0.2) is 11.8 Å². The van der Waals surface area contributed by atoms with Gasteiger partial charge in [-0.15, -0.1) is 0 Å². The molecule has 8 heteroatoms. The zero-order valence-corrected chi connectivity index (χ0v) is 15.4. The molecule has 3 saturated heterocycles.